The molecule has 0 spiro atoms. The average Bonchev–Trinajstić information content (AvgIpc) is 3.34. The minimum atomic E-state index is -0.303. The zero-order valence-electron chi connectivity index (χ0n) is 14.4. The first kappa shape index (κ1) is 15.8. The molecule has 6 nitrogen and oxygen atoms in total. The van der Waals surface area contributed by atoms with Gasteiger partial charge in [0.05, 0.1) is 6.04 Å². The van der Waals surface area contributed by atoms with Crippen molar-refractivity contribution in [1.29, 1.82) is 0 Å². The number of halogens is 1. The van der Waals surface area contributed by atoms with E-state index < -0.39 is 0 Å². The Kier molecular flexibility index (Phi) is 3.53. The normalized spacial score (nSPS) is 28.7. The number of carbonyl (C=O) groups excluding carboxylic acids is 2. The number of H-pyrrole nitrogens is 1. The van der Waals surface area contributed by atoms with Crippen LogP contribution in [0.2, 0.25) is 0 Å². The third-order valence-corrected chi connectivity index (χ3v) is 6.08. The summed E-state index contributed by atoms with van der Waals surface area (Å²) in [6, 6.07) is 6.22. The van der Waals surface area contributed by atoms with Gasteiger partial charge in [-0.05, 0) is 42.5 Å². The molecule has 1 unspecified atom stereocenters. The summed E-state index contributed by atoms with van der Waals surface area (Å²) in [5, 5.41) is 3.62. The van der Waals surface area contributed by atoms with E-state index in [0.717, 1.165) is 44.7 Å². The molecule has 0 radical (unpaired) electrons. The number of hydrogen-bond acceptors (Lipinski definition) is 3. The number of fused-ring (bicyclic) bond motifs is 2. The van der Waals surface area contributed by atoms with Crippen molar-refractivity contribution in [3.05, 3.63) is 35.8 Å². The number of rotatable bonds is 2. The van der Waals surface area contributed by atoms with Crippen molar-refractivity contribution in [2.75, 3.05) is 32.7 Å². The quantitative estimate of drug-likeness (QED) is 0.850. The van der Waals surface area contributed by atoms with Gasteiger partial charge in [0.15, 0.2) is 0 Å². The fraction of sp³-hybridized carbons (Fsp3) is 0.474. The van der Waals surface area contributed by atoms with Crippen molar-refractivity contribution in [3.63, 3.8) is 0 Å². The minimum absolute atomic E-state index is 0.00774. The standard InChI is InChI=1S/C19H21FN4O2/c20-14-1-2-15-11(5-14)6-16(22-15)19(26)24-9-12-7-23(8-13(12)10-24)17-3-4-21-18(17)25/h1-2,5-6,12-13,17,22H,3-4,7-10H2,(H,21,25)/t12-,13+,17?. The first-order valence-electron chi connectivity index (χ1n) is 9.18. The molecule has 2 aromatic rings. The fourth-order valence-corrected chi connectivity index (χ4v) is 4.77. The molecule has 5 rings (SSSR count). The van der Waals surface area contributed by atoms with Crippen molar-refractivity contribution >= 4 is 22.7 Å². The van der Waals surface area contributed by atoms with Crippen LogP contribution in [-0.4, -0.2) is 65.4 Å². The second-order valence-electron chi connectivity index (χ2n) is 7.69. The van der Waals surface area contributed by atoms with Crippen LogP contribution in [0.3, 0.4) is 0 Å². The molecule has 136 valence electrons. The zero-order chi connectivity index (χ0) is 17.8. The van der Waals surface area contributed by atoms with Crippen LogP contribution in [0, 0.1) is 17.7 Å². The molecule has 0 saturated carbocycles. The van der Waals surface area contributed by atoms with Gasteiger partial charge in [0.25, 0.3) is 5.91 Å². The number of aromatic nitrogens is 1. The summed E-state index contributed by atoms with van der Waals surface area (Å²) < 4.78 is 13.4. The number of carbonyl (C=O) groups is 2. The lowest BCUT2D eigenvalue weighted by atomic mass is 10.0. The first-order valence-corrected chi connectivity index (χ1v) is 9.18. The van der Waals surface area contributed by atoms with Gasteiger partial charge >= 0.3 is 0 Å². The van der Waals surface area contributed by atoms with Gasteiger partial charge in [-0.1, -0.05) is 0 Å². The van der Waals surface area contributed by atoms with E-state index in [1.807, 2.05) is 4.90 Å². The third kappa shape index (κ3) is 2.49. The minimum Gasteiger partial charge on any atom is -0.355 e. The molecule has 7 heteroatoms. The molecule has 1 aromatic carbocycles. The monoisotopic (exact) mass is 356 g/mol. The second-order valence-corrected chi connectivity index (χ2v) is 7.69. The molecule has 3 atom stereocenters. The highest BCUT2D eigenvalue weighted by atomic mass is 19.1. The first-order chi connectivity index (χ1) is 12.6. The van der Waals surface area contributed by atoms with Gasteiger partial charge in [0, 0.05) is 43.6 Å². The van der Waals surface area contributed by atoms with Gasteiger partial charge in [0.1, 0.15) is 11.5 Å². The highest BCUT2D eigenvalue weighted by Gasteiger charge is 2.45. The van der Waals surface area contributed by atoms with Gasteiger partial charge in [-0.2, -0.15) is 0 Å². The summed E-state index contributed by atoms with van der Waals surface area (Å²) in [7, 11) is 0. The van der Waals surface area contributed by atoms with Crippen LogP contribution >= 0.6 is 0 Å². The van der Waals surface area contributed by atoms with E-state index in [9.17, 15) is 14.0 Å². The number of likely N-dealkylation sites (tertiary alicyclic amines) is 2. The topological polar surface area (TPSA) is 68.4 Å². The van der Waals surface area contributed by atoms with Crippen LogP contribution in [-0.2, 0) is 4.79 Å². The third-order valence-electron chi connectivity index (χ3n) is 6.08. The molecule has 26 heavy (non-hydrogen) atoms. The summed E-state index contributed by atoms with van der Waals surface area (Å²) in [6.07, 6.45) is 0.881. The number of amides is 2. The summed E-state index contributed by atoms with van der Waals surface area (Å²) in [4.78, 5) is 32.0. The van der Waals surface area contributed by atoms with E-state index in [0.29, 0.717) is 22.9 Å². The van der Waals surface area contributed by atoms with Gasteiger partial charge in [-0.3, -0.25) is 14.5 Å². The van der Waals surface area contributed by atoms with Crippen LogP contribution in [0.5, 0.6) is 0 Å². The van der Waals surface area contributed by atoms with Crippen molar-refractivity contribution in [3.8, 4) is 0 Å². The number of nitrogens with zero attached hydrogens (tertiary/aromatic N) is 2. The summed E-state index contributed by atoms with van der Waals surface area (Å²) >= 11 is 0. The summed E-state index contributed by atoms with van der Waals surface area (Å²) in [5.74, 6) is 0.662. The number of benzene rings is 1. The SMILES string of the molecule is O=C1NCCC1N1C[C@H]2CN(C(=O)c3cc4cc(F)ccc4[nH]3)C[C@H]2C1. The van der Waals surface area contributed by atoms with E-state index in [4.69, 9.17) is 0 Å². The van der Waals surface area contributed by atoms with E-state index in [1.54, 1.807) is 12.1 Å². The lowest BCUT2D eigenvalue weighted by molar-refractivity contribution is -0.123. The summed E-state index contributed by atoms with van der Waals surface area (Å²) in [5.41, 5.74) is 1.28. The smallest absolute Gasteiger partial charge is 0.270 e. The number of nitrogens with one attached hydrogen (secondary N) is 2. The number of aromatic amines is 1. The Bertz CT molecular complexity index is 881. The molecule has 0 aliphatic carbocycles. The van der Waals surface area contributed by atoms with Crippen LogP contribution in [0.25, 0.3) is 10.9 Å². The predicted octanol–water partition coefficient (Wildman–Crippen LogP) is 1.20. The molecule has 3 fully saturated rings. The molecular weight excluding hydrogens is 335 g/mol. The van der Waals surface area contributed by atoms with Gasteiger partial charge in [0.2, 0.25) is 5.91 Å². The Morgan fingerprint density at radius 1 is 1.12 bits per heavy atom. The molecule has 3 saturated heterocycles. The van der Waals surface area contributed by atoms with E-state index in [1.165, 1.54) is 12.1 Å². The molecular formula is C19H21FN4O2. The van der Waals surface area contributed by atoms with E-state index >= 15 is 0 Å². The fourth-order valence-electron chi connectivity index (χ4n) is 4.77. The zero-order valence-corrected chi connectivity index (χ0v) is 14.4. The maximum atomic E-state index is 13.4. The Balaban J connectivity index is 1.28. The lowest BCUT2D eigenvalue weighted by Crippen LogP contribution is -2.41. The molecule has 3 aliphatic rings. The molecule has 0 bridgehead atoms. The molecule has 1 aromatic heterocycles. The van der Waals surface area contributed by atoms with E-state index in [-0.39, 0.29) is 23.7 Å². The van der Waals surface area contributed by atoms with Crippen LogP contribution in [0.4, 0.5) is 4.39 Å². The Labute approximate surface area is 150 Å². The molecule has 2 N–H and O–H groups in total. The summed E-state index contributed by atoms with van der Waals surface area (Å²) in [6.45, 7) is 3.96. The van der Waals surface area contributed by atoms with E-state index in [2.05, 4.69) is 15.2 Å². The van der Waals surface area contributed by atoms with Crippen LogP contribution in [0.15, 0.2) is 24.3 Å². The Morgan fingerprint density at radius 2 is 1.88 bits per heavy atom. The van der Waals surface area contributed by atoms with Gasteiger partial charge < -0.3 is 15.2 Å². The van der Waals surface area contributed by atoms with Gasteiger partial charge in [-0.25, -0.2) is 4.39 Å². The predicted molar refractivity (Wildman–Crippen MR) is 94.1 cm³/mol. The van der Waals surface area contributed by atoms with Crippen molar-refractivity contribution in [2.45, 2.75) is 12.5 Å². The van der Waals surface area contributed by atoms with Crippen molar-refractivity contribution in [2.24, 2.45) is 11.8 Å². The molecule has 3 aliphatic heterocycles. The maximum Gasteiger partial charge on any atom is 0.270 e. The second kappa shape index (κ2) is 5.81. The average molecular weight is 356 g/mol. The Hall–Kier alpha value is -2.41. The van der Waals surface area contributed by atoms with Crippen molar-refractivity contribution < 1.29 is 14.0 Å². The largest absolute Gasteiger partial charge is 0.355 e. The molecule has 2 amide bonds. The lowest BCUT2D eigenvalue weighted by Gasteiger charge is -2.24. The highest BCUT2D eigenvalue weighted by Crippen LogP contribution is 2.34. The Morgan fingerprint density at radius 3 is 2.58 bits per heavy atom. The van der Waals surface area contributed by atoms with Crippen LogP contribution < -0.4 is 5.32 Å². The van der Waals surface area contributed by atoms with Crippen molar-refractivity contribution in [1.82, 2.24) is 20.1 Å². The van der Waals surface area contributed by atoms with Crippen LogP contribution in [0.1, 0.15) is 16.9 Å². The maximum absolute atomic E-state index is 13.4. The molecule has 4 heterocycles. The highest BCUT2D eigenvalue weighted by molar-refractivity contribution is 5.98. The van der Waals surface area contributed by atoms with Gasteiger partial charge in [-0.15, -0.1) is 0 Å². The number of hydrogen-bond donors (Lipinski definition) is 2.